The van der Waals surface area contributed by atoms with E-state index in [1.54, 1.807) is 5.57 Å². The Labute approximate surface area is 180 Å². The minimum atomic E-state index is -0.0866. The molecule has 0 aliphatic heterocycles. The molecule has 0 aromatic rings. The highest BCUT2D eigenvalue weighted by Gasteiger charge is 2.58. The molecular weight excluding hydrogens is 352 g/mol. The molecule has 0 saturated heterocycles. The molecule has 1 N–H and O–H groups in total. The van der Waals surface area contributed by atoms with Crippen LogP contribution in [0.5, 0.6) is 0 Å². The second-order valence-corrected chi connectivity index (χ2v) is 12.2. The van der Waals surface area contributed by atoms with Gasteiger partial charge in [0.05, 0.1) is 6.10 Å². The fraction of sp³-hybridized carbons (Fsp3) is 0.857. The van der Waals surface area contributed by atoms with Crippen molar-refractivity contribution in [3.63, 3.8) is 0 Å². The van der Waals surface area contributed by atoms with Crippen molar-refractivity contribution < 1.29 is 5.11 Å². The van der Waals surface area contributed by atoms with E-state index >= 15 is 0 Å². The van der Waals surface area contributed by atoms with Crippen LogP contribution < -0.4 is 0 Å². The van der Waals surface area contributed by atoms with Crippen molar-refractivity contribution in [1.82, 2.24) is 0 Å². The van der Waals surface area contributed by atoms with Gasteiger partial charge in [-0.3, -0.25) is 0 Å². The molecule has 4 aliphatic carbocycles. The molecular formula is C28H46O. The molecule has 0 aromatic carbocycles. The highest BCUT2D eigenvalue weighted by molar-refractivity contribution is 5.25. The summed E-state index contributed by atoms with van der Waals surface area (Å²) in [4.78, 5) is 0. The summed E-state index contributed by atoms with van der Waals surface area (Å²) < 4.78 is 0. The first-order chi connectivity index (χ1) is 13.7. The van der Waals surface area contributed by atoms with Gasteiger partial charge in [0.25, 0.3) is 0 Å². The maximum atomic E-state index is 10.2. The Balaban J connectivity index is 1.53. The van der Waals surface area contributed by atoms with Gasteiger partial charge in [-0.05, 0) is 104 Å². The Morgan fingerprint density at radius 3 is 2.45 bits per heavy atom. The van der Waals surface area contributed by atoms with Crippen LogP contribution in [0.4, 0.5) is 0 Å². The zero-order valence-corrected chi connectivity index (χ0v) is 20.0. The maximum Gasteiger partial charge on any atom is 0.0577 e. The molecule has 4 rings (SSSR count). The molecule has 3 saturated carbocycles. The van der Waals surface area contributed by atoms with E-state index in [2.05, 4.69) is 59.8 Å². The molecule has 164 valence electrons. The normalized spacial score (nSPS) is 46.8. The van der Waals surface area contributed by atoms with Crippen LogP contribution >= 0.6 is 0 Å². The number of aliphatic hydroxyl groups excluding tert-OH is 1. The second-order valence-electron chi connectivity index (χ2n) is 12.2. The standard InChI is InChI=1S/C28H46O/c1-18(2)19(3)7-8-20(4)24-11-12-25-23-10-9-21-17-22(29)13-15-27(21,5)26(23)14-16-28(24,25)6/h7-9,18-20,22-26,29H,10-17H2,1-6H3/b8-7-/t19-,20+,22+,23-,24-,25+,26-,27+,28-/m0/s1. The first-order valence-corrected chi connectivity index (χ1v) is 12.7. The predicted octanol–water partition coefficient (Wildman–Crippen LogP) is 7.41. The molecule has 3 fully saturated rings. The van der Waals surface area contributed by atoms with Crippen LogP contribution in [0.1, 0.15) is 92.9 Å². The average molecular weight is 399 g/mol. The Hall–Kier alpha value is -0.560. The summed E-state index contributed by atoms with van der Waals surface area (Å²) >= 11 is 0. The Morgan fingerprint density at radius 1 is 0.966 bits per heavy atom. The summed E-state index contributed by atoms with van der Waals surface area (Å²) in [5.74, 6) is 5.63. The third kappa shape index (κ3) is 3.58. The van der Waals surface area contributed by atoms with E-state index in [-0.39, 0.29) is 6.10 Å². The van der Waals surface area contributed by atoms with Gasteiger partial charge in [-0.25, -0.2) is 0 Å². The first kappa shape index (κ1) is 21.7. The van der Waals surface area contributed by atoms with Crippen molar-refractivity contribution in [1.29, 1.82) is 0 Å². The monoisotopic (exact) mass is 398 g/mol. The van der Waals surface area contributed by atoms with Crippen molar-refractivity contribution in [3.8, 4) is 0 Å². The number of allylic oxidation sites excluding steroid dienone is 3. The largest absolute Gasteiger partial charge is 0.393 e. The number of hydrogen-bond donors (Lipinski definition) is 1. The zero-order valence-electron chi connectivity index (χ0n) is 20.0. The number of fused-ring (bicyclic) bond motifs is 5. The minimum Gasteiger partial charge on any atom is -0.393 e. The summed E-state index contributed by atoms with van der Waals surface area (Å²) in [6.07, 6.45) is 17.7. The van der Waals surface area contributed by atoms with Crippen LogP contribution in [-0.4, -0.2) is 11.2 Å². The lowest BCUT2D eigenvalue weighted by Crippen LogP contribution is -2.50. The molecule has 0 spiro atoms. The second kappa shape index (κ2) is 7.85. The number of hydrogen-bond acceptors (Lipinski definition) is 1. The molecule has 9 atom stereocenters. The van der Waals surface area contributed by atoms with Gasteiger partial charge in [-0.15, -0.1) is 0 Å². The summed E-state index contributed by atoms with van der Waals surface area (Å²) in [6.45, 7) is 14.7. The van der Waals surface area contributed by atoms with E-state index in [0.717, 1.165) is 42.4 Å². The molecule has 1 heteroatoms. The summed E-state index contributed by atoms with van der Waals surface area (Å²) in [6, 6.07) is 0. The Morgan fingerprint density at radius 2 is 1.72 bits per heavy atom. The Kier molecular flexibility index (Phi) is 5.86. The van der Waals surface area contributed by atoms with Gasteiger partial charge in [0.2, 0.25) is 0 Å². The van der Waals surface area contributed by atoms with Crippen molar-refractivity contribution in [2.24, 2.45) is 52.3 Å². The lowest BCUT2D eigenvalue weighted by atomic mass is 9.47. The van der Waals surface area contributed by atoms with Gasteiger partial charge in [-0.1, -0.05) is 65.3 Å². The summed E-state index contributed by atoms with van der Waals surface area (Å²) in [7, 11) is 0. The van der Waals surface area contributed by atoms with Crippen molar-refractivity contribution in [3.05, 3.63) is 23.8 Å². The van der Waals surface area contributed by atoms with Crippen molar-refractivity contribution >= 4 is 0 Å². The van der Waals surface area contributed by atoms with Gasteiger partial charge in [0.1, 0.15) is 0 Å². The van der Waals surface area contributed by atoms with Crippen LogP contribution in [0, 0.1) is 52.3 Å². The van der Waals surface area contributed by atoms with Gasteiger partial charge in [0.15, 0.2) is 0 Å². The quantitative estimate of drug-likeness (QED) is 0.489. The SMILES string of the molecule is CC(C)[C@@H](C)/C=C\[C@@H](C)[C@@H]1CC[C@@H]2[C@@H]3CC=C4C[C@H](O)CC[C@@]4(C)[C@H]3CC[C@]21C. The maximum absolute atomic E-state index is 10.2. The number of rotatable bonds is 4. The molecule has 0 heterocycles. The number of aliphatic hydroxyl groups is 1. The van der Waals surface area contributed by atoms with Crippen molar-refractivity contribution in [2.45, 2.75) is 99.0 Å². The zero-order chi connectivity index (χ0) is 21.0. The predicted molar refractivity (Wildman–Crippen MR) is 124 cm³/mol. The molecule has 0 amide bonds. The van der Waals surface area contributed by atoms with E-state index in [4.69, 9.17) is 0 Å². The average Bonchev–Trinajstić information content (AvgIpc) is 3.03. The van der Waals surface area contributed by atoms with E-state index in [1.807, 2.05) is 0 Å². The summed E-state index contributed by atoms with van der Waals surface area (Å²) in [5, 5.41) is 10.2. The van der Waals surface area contributed by atoms with Crippen LogP contribution in [0.15, 0.2) is 23.8 Å². The highest BCUT2D eigenvalue weighted by Crippen LogP contribution is 2.67. The van der Waals surface area contributed by atoms with Crippen molar-refractivity contribution in [2.75, 3.05) is 0 Å². The molecule has 1 nitrogen and oxygen atoms in total. The van der Waals surface area contributed by atoms with Crippen LogP contribution in [0.3, 0.4) is 0 Å². The van der Waals surface area contributed by atoms with Crippen LogP contribution in [0.2, 0.25) is 0 Å². The fourth-order valence-corrected chi connectivity index (χ4v) is 8.25. The summed E-state index contributed by atoms with van der Waals surface area (Å²) in [5.41, 5.74) is 2.51. The molecule has 0 unspecified atom stereocenters. The molecule has 29 heavy (non-hydrogen) atoms. The molecule has 0 radical (unpaired) electrons. The Bertz CT molecular complexity index is 659. The minimum absolute atomic E-state index is 0.0866. The third-order valence-corrected chi connectivity index (χ3v) is 10.6. The molecule has 0 aromatic heterocycles. The highest BCUT2D eigenvalue weighted by atomic mass is 16.3. The van der Waals surface area contributed by atoms with E-state index in [0.29, 0.717) is 22.7 Å². The van der Waals surface area contributed by atoms with E-state index in [9.17, 15) is 5.11 Å². The van der Waals surface area contributed by atoms with Gasteiger partial charge < -0.3 is 5.11 Å². The fourth-order valence-electron chi connectivity index (χ4n) is 8.25. The van der Waals surface area contributed by atoms with E-state index < -0.39 is 0 Å². The lowest BCUT2D eigenvalue weighted by molar-refractivity contribution is -0.0540. The topological polar surface area (TPSA) is 20.2 Å². The van der Waals surface area contributed by atoms with E-state index in [1.165, 1.54) is 38.5 Å². The molecule has 4 aliphatic rings. The smallest absolute Gasteiger partial charge is 0.0577 e. The van der Waals surface area contributed by atoms with Gasteiger partial charge >= 0.3 is 0 Å². The first-order valence-electron chi connectivity index (χ1n) is 12.7. The molecule has 0 bridgehead atoms. The van der Waals surface area contributed by atoms with Crippen LogP contribution in [0.25, 0.3) is 0 Å². The third-order valence-electron chi connectivity index (χ3n) is 10.6. The lowest BCUT2D eigenvalue weighted by Gasteiger charge is -2.58. The van der Waals surface area contributed by atoms with Gasteiger partial charge in [-0.2, -0.15) is 0 Å². The van der Waals surface area contributed by atoms with Crippen LogP contribution in [-0.2, 0) is 0 Å². The van der Waals surface area contributed by atoms with Gasteiger partial charge in [0, 0.05) is 0 Å².